The maximum Gasteiger partial charge on any atom is 0.160 e. The Morgan fingerprint density at radius 3 is 2.89 bits per heavy atom. The Hall–Kier alpha value is -1.85. The molecule has 2 heterocycles. The smallest absolute Gasteiger partial charge is 0.160 e. The van der Waals surface area contributed by atoms with Crippen LogP contribution in [0, 0.1) is 6.92 Å². The maximum atomic E-state index is 9.03. The first kappa shape index (κ1) is 12.2. The van der Waals surface area contributed by atoms with Crippen molar-refractivity contribution in [3.63, 3.8) is 0 Å². The Morgan fingerprint density at radius 1 is 1.37 bits per heavy atom. The number of nitrogens with two attached hydrogens (primary N) is 1. The van der Waals surface area contributed by atoms with Gasteiger partial charge >= 0.3 is 0 Å². The van der Waals surface area contributed by atoms with Crippen LogP contribution in [0.4, 0.5) is 5.82 Å². The van der Waals surface area contributed by atoms with Crippen LogP contribution in [0.2, 0.25) is 5.02 Å². The summed E-state index contributed by atoms with van der Waals surface area (Å²) in [6.45, 7) is 2.31. The van der Waals surface area contributed by atoms with Gasteiger partial charge in [0.25, 0.3) is 0 Å². The molecule has 0 atom stereocenters. The van der Waals surface area contributed by atoms with E-state index in [-0.39, 0.29) is 6.61 Å². The molecule has 3 N–H and O–H groups in total. The van der Waals surface area contributed by atoms with Gasteiger partial charge in [-0.15, -0.1) is 0 Å². The third-order valence-corrected chi connectivity index (χ3v) is 3.54. The molecule has 0 saturated carbocycles. The second kappa shape index (κ2) is 4.36. The van der Waals surface area contributed by atoms with Crippen molar-refractivity contribution in [3.05, 3.63) is 28.8 Å². The minimum atomic E-state index is -0.00933. The molecule has 98 valence electrons. The van der Waals surface area contributed by atoms with Crippen LogP contribution in [-0.2, 0) is 6.54 Å². The van der Waals surface area contributed by atoms with Crippen LogP contribution < -0.4 is 5.73 Å². The summed E-state index contributed by atoms with van der Waals surface area (Å²) in [5.74, 6) is 0.422. The van der Waals surface area contributed by atoms with Crippen molar-refractivity contribution in [3.8, 4) is 0 Å². The predicted octanol–water partition coefficient (Wildman–Crippen LogP) is 2.12. The third kappa shape index (κ3) is 1.91. The average molecular weight is 277 g/mol. The SMILES string of the molecule is Cc1cc2cc3c(N)nn(CCO)c3nc2cc1Cl. The zero-order valence-corrected chi connectivity index (χ0v) is 11.1. The molecule has 1 aromatic carbocycles. The van der Waals surface area contributed by atoms with Crippen molar-refractivity contribution >= 4 is 39.4 Å². The average Bonchev–Trinajstić information content (AvgIpc) is 2.66. The van der Waals surface area contributed by atoms with Crippen LogP contribution >= 0.6 is 11.6 Å². The zero-order chi connectivity index (χ0) is 13.6. The van der Waals surface area contributed by atoms with Gasteiger partial charge in [-0.3, -0.25) is 0 Å². The van der Waals surface area contributed by atoms with E-state index in [1.165, 1.54) is 0 Å². The first-order chi connectivity index (χ1) is 9.10. The number of hydrogen-bond acceptors (Lipinski definition) is 4. The second-order valence-electron chi connectivity index (χ2n) is 4.49. The fourth-order valence-corrected chi connectivity index (χ4v) is 2.33. The van der Waals surface area contributed by atoms with Gasteiger partial charge in [0.05, 0.1) is 24.1 Å². The Kier molecular flexibility index (Phi) is 2.80. The van der Waals surface area contributed by atoms with Gasteiger partial charge in [0.2, 0.25) is 0 Å². The van der Waals surface area contributed by atoms with E-state index in [4.69, 9.17) is 22.4 Å². The molecule has 0 saturated heterocycles. The van der Waals surface area contributed by atoms with Crippen LogP contribution in [0.5, 0.6) is 0 Å². The molecule has 3 rings (SSSR count). The zero-order valence-electron chi connectivity index (χ0n) is 10.4. The molecule has 0 amide bonds. The van der Waals surface area contributed by atoms with Gasteiger partial charge in [0.15, 0.2) is 11.5 Å². The molecule has 0 aliphatic heterocycles. The van der Waals surface area contributed by atoms with Crippen molar-refractivity contribution < 1.29 is 5.11 Å². The first-order valence-electron chi connectivity index (χ1n) is 5.94. The minimum absolute atomic E-state index is 0.00933. The summed E-state index contributed by atoms with van der Waals surface area (Å²) in [4.78, 5) is 4.54. The number of aliphatic hydroxyl groups is 1. The van der Waals surface area contributed by atoms with Crippen molar-refractivity contribution in [1.29, 1.82) is 0 Å². The highest BCUT2D eigenvalue weighted by atomic mass is 35.5. The molecular formula is C13H13ClN4O. The molecule has 0 bridgehead atoms. The predicted molar refractivity (Wildman–Crippen MR) is 76.3 cm³/mol. The standard InChI is InChI=1S/C13H13ClN4O/c1-7-4-8-5-9-12(15)17-18(2-3-19)13(9)16-11(8)6-10(7)14/h4-6,19H,2-3H2,1H3,(H2,15,17). The van der Waals surface area contributed by atoms with Crippen molar-refractivity contribution in [2.75, 3.05) is 12.3 Å². The van der Waals surface area contributed by atoms with E-state index in [9.17, 15) is 0 Å². The van der Waals surface area contributed by atoms with E-state index in [1.807, 2.05) is 25.1 Å². The molecule has 3 aromatic rings. The molecule has 0 spiro atoms. The lowest BCUT2D eigenvalue weighted by Gasteiger charge is -2.04. The van der Waals surface area contributed by atoms with E-state index >= 15 is 0 Å². The molecule has 2 aromatic heterocycles. The van der Waals surface area contributed by atoms with Crippen molar-refractivity contribution in [2.24, 2.45) is 0 Å². The number of aryl methyl sites for hydroxylation is 1. The lowest BCUT2D eigenvalue weighted by molar-refractivity contribution is 0.271. The third-order valence-electron chi connectivity index (χ3n) is 3.14. The number of rotatable bonds is 2. The molecular weight excluding hydrogens is 264 g/mol. The topological polar surface area (TPSA) is 77.0 Å². The summed E-state index contributed by atoms with van der Waals surface area (Å²) in [5, 5.41) is 15.7. The number of fused-ring (bicyclic) bond motifs is 2. The summed E-state index contributed by atoms with van der Waals surface area (Å²) in [7, 11) is 0. The highest BCUT2D eigenvalue weighted by molar-refractivity contribution is 6.32. The van der Waals surface area contributed by atoms with Crippen LogP contribution in [0.3, 0.4) is 0 Å². The fraction of sp³-hybridized carbons (Fsp3) is 0.231. The van der Waals surface area contributed by atoms with Crippen molar-refractivity contribution in [1.82, 2.24) is 14.8 Å². The molecule has 6 heteroatoms. The van der Waals surface area contributed by atoms with E-state index in [1.54, 1.807) is 4.68 Å². The summed E-state index contributed by atoms with van der Waals surface area (Å²) in [6, 6.07) is 5.77. The lowest BCUT2D eigenvalue weighted by Crippen LogP contribution is -2.05. The van der Waals surface area contributed by atoms with E-state index < -0.39 is 0 Å². The molecule has 0 fully saturated rings. The number of hydrogen-bond donors (Lipinski definition) is 2. The van der Waals surface area contributed by atoms with E-state index in [2.05, 4.69) is 10.1 Å². The number of pyridine rings is 1. The molecule has 19 heavy (non-hydrogen) atoms. The Bertz CT molecular complexity index is 781. The van der Waals surface area contributed by atoms with Crippen LogP contribution in [0.15, 0.2) is 18.2 Å². The largest absolute Gasteiger partial charge is 0.394 e. The van der Waals surface area contributed by atoms with Gasteiger partial charge in [-0.1, -0.05) is 11.6 Å². The van der Waals surface area contributed by atoms with E-state index in [0.717, 1.165) is 21.9 Å². The summed E-state index contributed by atoms with van der Waals surface area (Å²) >= 11 is 6.12. The number of nitrogen functional groups attached to an aromatic ring is 1. The number of aromatic nitrogens is 3. The van der Waals surface area contributed by atoms with Gasteiger partial charge in [0, 0.05) is 10.4 Å². The Labute approximate surface area is 114 Å². The van der Waals surface area contributed by atoms with Gasteiger partial charge in [-0.2, -0.15) is 5.10 Å². The number of anilines is 1. The Morgan fingerprint density at radius 2 is 2.16 bits per heavy atom. The summed E-state index contributed by atoms with van der Waals surface area (Å²) in [6.07, 6.45) is 0. The quantitative estimate of drug-likeness (QED) is 0.752. The second-order valence-corrected chi connectivity index (χ2v) is 4.89. The molecule has 0 aliphatic carbocycles. The van der Waals surface area contributed by atoms with Gasteiger partial charge in [-0.05, 0) is 30.7 Å². The lowest BCUT2D eigenvalue weighted by atomic mass is 10.1. The number of benzene rings is 1. The summed E-state index contributed by atoms with van der Waals surface area (Å²) in [5.41, 5.74) is 8.34. The monoisotopic (exact) mass is 276 g/mol. The molecule has 0 radical (unpaired) electrons. The van der Waals surface area contributed by atoms with Crippen LogP contribution in [0.25, 0.3) is 21.9 Å². The number of aliphatic hydroxyl groups excluding tert-OH is 1. The van der Waals surface area contributed by atoms with Gasteiger partial charge < -0.3 is 10.8 Å². The van der Waals surface area contributed by atoms with Gasteiger partial charge in [-0.25, -0.2) is 9.67 Å². The fourth-order valence-electron chi connectivity index (χ4n) is 2.17. The number of halogens is 1. The van der Waals surface area contributed by atoms with Crippen molar-refractivity contribution in [2.45, 2.75) is 13.5 Å². The maximum absolute atomic E-state index is 9.03. The summed E-state index contributed by atoms with van der Waals surface area (Å²) < 4.78 is 1.61. The van der Waals surface area contributed by atoms with E-state index in [0.29, 0.717) is 23.0 Å². The number of nitrogens with zero attached hydrogens (tertiary/aromatic N) is 3. The molecule has 0 unspecified atom stereocenters. The normalized spacial score (nSPS) is 11.5. The molecule has 5 nitrogen and oxygen atoms in total. The highest BCUT2D eigenvalue weighted by Crippen LogP contribution is 2.27. The van der Waals surface area contributed by atoms with Crippen LogP contribution in [0.1, 0.15) is 5.56 Å². The minimum Gasteiger partial charge on any atom is -0.394 e. The first-order valence-corrected chi connectivity index (χ1v) is 6.31. The molecule has 0 aliphatic rings. The Balaban J connectivity index is 2.36. The van der Waals surface area contributed by atoms with Gasteiger partial charge in [0.1, 0.15) is 0 Å². The van der Waals surface area contributed by atoms with Crippen LogP contribution in [-0.4, -0.2) is 26.5 Å². The highest BCUT2D eigenvalue weighted by Gasteiger charge is 2.11.